The summed E-state index contributed by atoms with van der Waals surface area (Å²) in [6.45, 7) is 3.18. The van der Waals surface area contributed by atoms with Crippen molar-refractivity contribution in [2.24, 2.45) is 0 Å². The molecule has 0 unspecified atom stereocenters. The number of aryl methyl sites for hydroxylation is 1. The maximum absolute atomic E-state index is 11.8. The zero-order valence-corrected chi connectivity index (χ0v) is 11.5. The van der Waals surface area contributed by atoms with Gasteiger partial charge in [-0.2, -0.15) is 8.42 Å². The second-order valence-electron chi connectivity index (χ2n) is 4.39. The van der Waals surface area contributed by atoms with Crippen LogP contribution in [0.2, 0.25) is 0 Å². The third-order valence-electron chi connectivity index (χ3n) is 3.09. The summed E-state index contributed by atoms with van der Waals surface area (Å²) in [4.78, 5) is 22.4. The summed E-state index contributed by atoms with van der Waals surface area (Å²) in [5.41, 5.74) is 1.05. The normalized spacial score (nSPS) is 12.3. The smallest absolute Gasteiger partial charge is 0.291 e. The molecule has 2 aliphatic rings. The molecule has 19 heavy (non-hydrogen) atoms. The Labute approximate surface area is 111 Å². The van der Waals surface area contributed by atoms with E-state index in [-0.39, 0.29) is 24.3 Å². The Morgan fingerprint density at radius 1 is 1.16 bits per heavy atom. The molecule has 0 N–H and O–H groups in total. The predicted molar refractivity (Wildman–Crippen MR) is 66.9 cm³/mol. The fourth-order valence-electron chi connectivity index (χ4n) is 1.88. The Bertz CT molecular complexity index is 746. The molecule has 0 saturated heterocycles. The van der Waals surface area contributed by atoms with Gasteiger partial charge < -0.3 is 0 Å². The molecule has 102 valence electrons. The summed E-state index contributed by atoms with van der Waals surface area (Å²) in [6.07, 6.45) is -0.0863. The Kier molecular flexibility index (Phi) is 3.56. The van der Waals surface area contributed by atoms with Crippen LogP contribution in [0.4, 0.5) is 0 Å². The first-order chi connectivity index (χ1) is 8.86. The Morgan fingerprint density at radius 3 is 2.32 bits per heavy atom. The molecule has 0 aliphatic heterocycles. The molecule has 0 saturated carbocycles. The zero-order chi connectivity index (χ0) is 14.2. The van der Waals surface area contributed by atoms with Crippen LogP contribution in [0.3, 0.4) is 0 Å². The van der Waals surface area contributed by atoms with Gasteiger partial charge in [-0.15, -0.1) is 0 Å². The van der Waals surface area contributed by atoms with Crippen LogP contribution in [0.25, 0.3) is 0 Å². The van der Waals surface area contributed by atoms with Gasteiger partial charge in [0.15, 0.2) is 5.78 Å². The number of rotatable bonds is 7. The Balaban J connectivity index is 1.94. The first-order valence-corrected chi connectivity index (χ1v) is 7.38. The van der Waals surface area contributed by atoms with E-state index in [9.17, 15) is 18.0 Å². The van der Waals surface area contributed by atoms with Crippen LogP contribution in [0.1, 0.15) is 25.3 Å². The van der Waals surface area contributed by atoms with Crippen LogP contribution in [0.15, 0.2) is 17.0 Å². The topological polar surface area (TPSA) is 77.5 Å². The highest BCUT2D eigenvalue weighted by Crippen LogP contribution is 2.26. The number of hydrogen-bond donors (Lipinski definition) is 0. The molecule has 0 amide bonds. The summed E-state index contributed by atoms with van der Waals surface area (Å²) < 4.78 is 28.3. The van der Waals surface area contributed by atoms with E-state index >= 15 is 0 Å². The Hall–Kier alpha value is -1.53. The van der Waals surface area contributed by atoms with Gasteiger partial charge in [0, 0.05) is 18.1 Å². The van der Waals surface area contributed by atoms with E-state index < -0.39 is 21.7 Å². The van der Waals surface area contributed by atoms with Crippen molar-refractivity contribution < 1.29 is 22.2 Å². The largest absolute Gasteiger partial charge is 0.297 e. The number of benzene rings is 1. The molecule has 0 aromatic carbocycles. The number of carbonyl (C=O) groups excluding carboxylic acids is 2. The third-order valence-corrected chi connectivity index (χ3v) is 4.44. The van der Waals surface area contributed by atoms with Crippen molar-refractivity contribution >= 4 is 21.7 Å². The van der Waals surface area contributed by atoms with Crippen LogP contribution >= 0.6 is 0 Å². The van der Waals surface area contributed by atoms with E-state index in [1.807, 2.05) is 6.92 Å². The van der Waals surface area contributed by atoms with Crippen molar-refractivity contribution in [3.8, 4) is 0 Å². The number of carbonyl (C=O) groups is 2. The average Bonchev–Trinajstić information content (AvgIpc) is 2.33. The van der Waals surface area contributed by atoms with Crippen LogP contribution < -0.4 is 0 Å². The van der Waals surface area contributed by atoms with Gasteiger partial charge in [0.05, 0.1) is 6.61 Å². The van der Waals surface area contributed by atoms with Crippen molar-refractivity contribution in [1.82, 2.24) is 0 Å². The fraction of sp³-hybridized carbons (Fsp3) is 0.385. The van der Waals surface area contributed by atoms with Gasteiger partial charge in [0.2, 0.25) is 5.78 Å². The SMILES string of the molecule is CCC(=O)C(=O)CCOS(=O)(=O)c1cc2c(C)cc1=2. The van der Waals surface area contributed by atoms with E-state index in [1.54, 1.807) is 19.1 Å². The average molecular weight is 282 g/mol. The summed E-state index contributed by atoms with van der Waals surface area (Å²) in [6, 6.07) is 3.33. The highest BCUT2D eigenvalue weighted by molar-refractivity contribution is 7.86. The number of ketones is 2. The van der Waals surface area contributed by atoms with Gasteiger partial charge in [-0.1, -0.05) is 6.92 Å². The van der Waals surface area contributed by atoms with Crippen LogP contribution in [0, 0.1) is 17.4 Å². The molecular weight excluding hydrogens is 268 g/mol. The molecule has 2 rings (SSSR count). The maximum Gasteiger partial charge on any atom is 0.297 e. The van der Waals surface area contributed by atoms with E-state index in [0.29, 0.717) is 5.22 Å². The van der Waals surface area contributed by atoms with Gasteiger partial charge in [-0.25, -0.2) is 0 Å². The Morgan fingerprint density at radius 2 is 1.84 bits per heavy atom. The molecule has 0 radical (unpaired) electrons. The lowest BCUT2D eigenvalue weighted by Gasteiger charge is -2.14. The van der Waals surface area contributed by atoms with Crippen molar-refractivity contribution in [2.45, 2.75) is 31.6 Å². The second-order valence-corrected chi connectivity index (χ2v) is 5.97. The van der Waals surface area contributed by atoms with Gasteiger partial charge >= 0.3 is 0 Å². The summed E-state index contributed by atoms with van der Waals surface area (Å²) in [5, 5.41) is 1.63. The summed E-state index contributed by atoms with van der Waals surface area (Å²) in [5.74, 6) is -1.11. The van der Waals surface area contributed by atoms with Crippen molar-refractivity contribution in [3.05, 3.63) is 28.1 Å². The molecule has 2 aliphatic carbocycles. The van der Waals surface area contributed by atoms with Crippen molar-refractivity contribution in [1.29, 1.82) is 0 Å². The quantitative estimate of drug-likeness (QED) is 0.564. The van der Waals surface area contributed by atoms with Gasteiger partial charge in [0.1, 0.15) is 4.90 Å². The van der Waals surface area contributed by atoms with Gasteiger partial charge in [-0.3, -0.25) is 13.8 Å². The predicted octanol–water partition coefficient (Wildman–Crippen LogP) is 1.24. The highest BCUT2D eigenvalue weighted by Gasteiger charge is 2.24. The lowest BCUT2D eigenvalue weighted by Crippen LogP contribution is -2.18. The zero-order valence-electron chi connectivity index (χ0n) is 10.7. The fourth-order valence-corrected chi connectivity index (χ4v) is 3.01. The van der Waals surface area contributed by atoms with E-state index in [0.717, 1.165) is 10.8 Å². The molecule has 0 aromatic heterocycles. The second kappa shape index (κ2) is 4.86. The minimum atomic E-state index is -3.81. The molecule has 0 fully saturated rings. The van der Waals surface area contributed by atoms with Crippen LogP contribution in [-0.4, -0.2) is 26.6 Å². The van der Waals surface area contributed by atoms with Crippen LogP contribution in [-0.2, 0) is 23.9 Å². The first-order valence-electron chi connectivity index (χ1n) is 5.97. The molecular formula is C13H14O5S. The minimum absolute atomic E-state index is 0.122. The molecule has 0 heterocycles. The molecule has 0 atom stereocenters. The standard InChI is InChI=1S/C13H14O5S/c1-3-11(14)12(15)4-5-18-19(16,17)13-7-9-8(2)6-10(9)13/h6-7H,3-5H2,1-2H3. The first kappa shape index (κ1) is 13.9. The number of hydrogen-bond acceptors (Lipinski definition) is 5. The molecule has 5 nitrogen and oxygen atoms in total. The van der Waals surface area contributed by atoms with Crippen LogP contribution in [0.5, 0.6) is 0 Å². The van der Waals surface area contributed by atoms with Crippen molar-refractivity contribution in [3.63, 3.8) is 0 Å². The molecule has 0 bridgehead atoms. The summed E-state index contributed by atoms with van der Waals surface area (Å²) >= 11 is 0. The number of Topliss-reactive ketones (excluding diaryl/α,β-unsaturated/α-hetero) is 2. The lowest BCUT2D eigenvalue weighted by atomic mass is 10.0. The van der Waals surface area contributed by atoms with Gasteiger partial charge in [-0.05, 0) is 29.8 Å². The van der Waals surface area contributed by atoms with Crippen molar-refractivity contribution in [2.75, 3.05) is 6.61 Å². The minimum Gasteiger partial charge on any atom is -0.291 e. The summed E-state index contributed by atoms with van der Waals surface area (Å²) in [7, 11) is -3.81. The monoisotopic (exact) mass is 282 g/mol. The maximum atomic E-state index is 11.8. The molecule has 0 spiro atoms. The molecule has 0 aromatic rings. The van der Waals surface area contributed by atoms with E-state index in [1.165, 1.54) is 0 Å². The third kappa shape index (κ3) is 2.46. The van der Waals surface area contributed by atoms with E-state index in [2.05, 4.69) is 0 Å². The van der Waals surface area contributed by atoms with E-state index in [4.69, 9.17) is 4.18 Å². The highest BCUT2D eigenvalue weighted by atomic mass is 32.2. The molecule has 6 heteroatoms. The van der Waals surface area contributed by atoms with Gasteiger partial charge in [0.25, 0.3) is 10.1 Å². The lowest BCUT2D eigenvalue weighted by molar-refractivity contribution is -0.136.